The number of benzene rings is 1. The molecule has 0 saturated carbocycles. The summed E-state index contributed by atoms with van der Waals surface area (Å²) < 4.78 is 41.4. The summed E-state index contributed by atoms with van der Waals surface area (Å²) >= 11 is 0. The molecule has 0 radical (unpaired) electrons. The number of nitrogens with zero attached hydrogens (tertiary/aromatic N) is 1. The summed E-state index contributed by atoms with van der Waals surface area (Å²) in [6.45, 7) is -0.719. The first kappa shape index (κ1) is 15.8. The lowest BCUT2D eigenvalue weighted by molar-refractivity contribution is -0.184. The normalized spacial score (nSPS) is 11.0. The lowest BCUT2D eigenvalue weighted by Gasteiger charge is -2.18. The highest BCUT2D eigenvalue weighted by atomic mass is 19.4. The lowest BCUT2D eigenvalue weighted by Crippen LogP contribution is -2.37. The molecule has 8 heteroatoms. The number of aliphatic carboxylic acids is 1. The van der Waals surface area contributed by atoms with Gasteiger partial charge in [0.1, 0.15) is 5.75 Å². The number of carboxylic acid groups (broad SMARTS) is 1. The highest BCUT2D eigenvalue weighted by molar-refractivity contribution is 5.81. The molecular weight excluding hydrogens is 279 g/mol. The predicted molar refractivity (Wildman–Crippen MR) is 62.1 cm³/mol. The molecule has 0 bridgehead atoms. The molecule has 110 valence electrons. The second-order valence-corrected chi connectivity index (χ2v) is 3.99. The summed E-state index contributed by atoms with van der Waals surface area (Å²) in [7, 11) is 1.05. The van der Waals surface area contributed by atoms with Crippen LogP contribution in [-0.4, -0.2) is 41.7 Å². The van der Waals surface area contributed by atoms with Gasteiger partial charge in [0, 0.05) is 13.6 Å². The molecule has 1 N–H and O–H groups in total. The number of rotatable bonds is 5. The maximum atomic E-state index is 12.2. The number of ether oxygens (including phenoxy) is 1. The average molecular weight is 291 g/mol. The molecule has 1 aromatic rings. The van der Waals surface area contributed by atoms with Crippen LogP contribution in [0.3, 0.4) is 0 Å². The van der Waals surface area contributed by atoms with Crippen LogP contribution in [0, 0.1) is 0 Å². The SMILES string of the molecule is CN(Cc1ccc(OCC(=O)O)cc1)C(=O)C(F)(F)F. The molecule has 20 heavy (non-hydrogen) atoms. The van der Waals surface area contributed by atoms with Crippen molar-refractivity contribution in [3.8, 4) is 5.75 Å². The summed E-state index contributed by atoms with van der Waals surface area (Å²) in [5.41, 5.74) is 0.466. The van der Waals surface area contributed by atoms with E-state index < -0.39 is 24.7 Å². The molecule has 0 spiro atoms. The molecule has 1 aromatic carbocycles. The van der Waals surface area contributed by atoms with E-state index >= 15 is 0 Å². The van der Waals surface area contributed by atoms with Gasteiger partial charge in [0.2, 0.25) is 0 Å². The highest BCUT2D eigenvalue weighted by Crippen LogP contribution is 2.19. The Morgan fingerprint density at radius 1 is 1.25 bits per heavy atom. The van der Waals surface area contributed by atoms with Crippen molar-refractivity contribution in [1.82, 2.24) is 4.90 Å². The van der Waals surface area contributed by atoms with Crippen molar-refractivity contribution in [2.45, 2.75) is 12.7 Å². The molecule has 5 nitrogen and oxygen atoms in total. The van der Waals surface area contributed by atoms with Gasteiger partial charge in [-0.25, -0.2) is 4.79 Å². The van der Waals surface area contributed by atoms with Gasteiger partial charge in [-0.05, 0) is 17.7 Å². The Morgan fingerprint density at radius 2 is 1.80 bits per heavy atom. The van der Waals surface area contributed by atoms with Gasteiger partial charge < -0.3 is 14.7 Å². The quantitative estimate of drug-likeness (QED) is 0.896. The Hall–Kier alpha value is -2.25. The van der Waals surface area contributed by atoms with Crippen molar-refractivity contribution < 1.29 is 32.6 Å². The van der Waals surface area contributed by atoms with Gasteiger partial charge in [-0.2, -0.15) is 13.2 Å². The Labute approximate surface area is 112 Å². The number of carbonyl (C=O) groups is 2. The van der Waals surface area contributed by atoms with Crippen LogP contribution in [0.15, 0.2) is 24.3 Å². The molecule has 0 aliphatic carbocycles. The van der Waals surface area contributed by atoms with Crippen molar-refractivity contribution >= 4 is 11.9 Å². The minimum Gasteiger partial charge on any atom is -0.482 e. The number of hydrogen-bond donors (Lipinski definition) is 1. The second kappa shape index (κ2) is 6.27. The largest absolute Gasteiger partial charge is 0.482 e. The van der Waals surface area contributed by atoms with Crippen molar-refractivity contribution in [1.29, 1.82) is 0 Å². The Bertz CT molecular complexity index is 484. The molecule has 0 aromatic heterocycles. The molecule has 0 aliphatic heterocycles. The summed E-state index contributed by atoms with van der Waals surface area (Å²) in [6, 6.07) is 5.75. The van der Waals surface area contributed by atoms with E-state index in [1.807, 2.05) is 0 Å². The Kier molecular flexibility index (Phi) is 4.95. The Morgan fingerprint density at radius 3 is 2.25 bits per heavy atom. The van der Waals surface area contributed by atoms with Crippen molar-refractivity contribution in [3.05, 3.63) is 29.8 Å². The van der Waals surface area contributed by atoms with E-state index in [1.54, 1.807) is 0 Å². The van der Waals surface area contributed by atoms with Gasteiger partial charge in [-0.1, -0.05) is 12.1 Å². The molecule has 1 rings (SSSR count). The van der Waals surface area contributed by atoms with Crippen LogP contribution < -0.4 is 4.74 Å². The van der Waals surface area contributed by atoms with E-state index in [4.69, 9.17) is 9.84 Å². The third-order valence-corrected chi connectivity index (χ3v) is 2.29. The zero-order valence-corrected chi connectivity index (χ0v) is 10.5. The van der Waals surface area contributed by atoms with Gasteiger partial charge in [-0.3, -0.25) is 4.79 Å². The fourth-order valence-electron chi connectivity index (χ4n) is 1.40. The summed E-state index contributed by atoms with van der Waals surface area (Å²) in [5, 5.41) is 8.41. The summed E-state index contributed by atoms with van der Waals surface area (Å²) in [4.78, 5) is 21.8. The maximum Gasteiger partial charge on any atom is 0.471 e. The van der Waals surface area contributed by atoms with E-state index in [-0.39, 0.29) is 12.3 Å². The first-order valence-corrected chi connectivity index (χ1v) is 5.46. The molecule has 0 saturated heterocycles. The van der Waals surface area contributed by atoms with E-state index in [2.05, 4.69) is 0 Å². The zero-order chi connectivity index (χ0) is 15.3. The van der Waals surface area contributed by atoms with Crippen LogP contribution in [0.4, 0.5) is 13.2 Å². The summed E-state index contributed by atoms with van der Waals surface area (Å²) in [6.07, 6.45) is -4.90. The predicted octanol–water partition coefficient (Wildman–Crippen LogP) is 1.67. The number of amides is 1. The van der Waals surface area contributed by atoms with Gasteiger partial charge in [0.05, 0.1) is 0 Å². The number of carbonyl (C=O) groups excluding carboxylic acids is 1. The monoisotopic (exact) mass is 291 g/mol. The third-order valence-electron chi connectivity index (χ3n) is 2.29. The molecule has 0 heterocycles. The smallest absolute Gasteiger partial charge is 0.471 e. The fraction of sp³-hybridized carbons (Fsp3) is 0.333. The molecule has 1 amide bonds. The fourth-order valence-corrected chi connectivity index (χ4v) is 1.40. The van der Waals surface area contributed by atoms with Crippen LogP contribution in [-0.2, 0) is 16.1 Å². The van der Waals surface area contributed by atoms with E-state index in [0.717, 1.165) is 7.05 Å². The lowest BCUT2D eigenvalue weighted by atomic mass is 10.2. The number of alkyl halides is 3. The molecule has 0 aliphatic rings. The van der Waals surface area contributed by atoms with Crippen LogP contribution >= 0.6 is 0 Å². The van der Waals surface area contributed by atoms with Crippen LogP contribution in [0.2, 0.25) is 0 Å². The van der Waals surface area contributed by atoms with Crippen molar-refractivity contribution in [2.24, 2.45) is 0 Å². The van der Waals surface area contributed by atoms with Gasteiger partial charge >= 0.3 is 18.1 Å². The first-order chi connectivity index (χ1) is 9.20. The van der Waals surface area contributed by atoms with E-state index in [1.165, 1.54) is 24.3 Å². The van der Waals surface area contributed by atoms with Gasteiger partial charge in [0.15, 0.2) is 6.61 Å². The number of hydrogen-bond acceptors (Lipinski definition) is 3. The number of halogens is 3. The summed E-state index contributed by atoms with van der Waals surface area (Å²) in [5.74, 6) is -2.78. The second-order valence-electron chi connectivity index (χ2n) is 3.99. The highest BCUT2D eigenvalue weighted by Gasteiger charge is 2.41. The maximum absolute atomic E-state index is 12.2. The molecule has 0 fully saturated rings. The zero-order valence-electron chi connectivity index (χ0n) is 10.5. The van der Waals surface area contributed by atoms with Crippen molar-refractivity contribution in [3.63, 3.8) is 0 Å². The van der Waals surface area contributed by atoms with E-state index in [9.17, 15) is 22.8 Å². The Balaban J connectivity index is 2.61. The minimum absolute atomic E-state index is 0.211. The topological polar surface area (TPSA) is 66.8 Å². The molecule has 0 unspecified atom stereocenters. The third kappa shape index (κ3) is 4.79. The van der Waals surface area contributed by atoms with Crippen LogP contribution in [0.1, 0.15) is 5.56 Å². The average Bonchev–Trinajstić information content (AvgIpc) is 2.35. The number of carboxylic acids is 1. The van der Waals surface area contributed by atoms with Gasteiger partial charge in [-0.15, -0.1) is 0 Å². The van der Waals surface area contributed by atoms with Crippen LogP contribution in [0.25, 0.3) is 0 Å². The molecular formula is C12H12F3NO4. The van der Waals surface area contributed by atoms with E-state index in [0.29, 0.717) is 10.5 Å². The van der Waals surface area contributed by atoms with Gasteiger partial charge in [0.25, 0.3) is 0 Å². The minimum atomic E-state index is -4.90. The standard InChI is InChI=1S/C12H12F3NO4/c1-16(11(19)12(13,14)15)6-8-2-4-9(5-3-8)20-7-10(17)18/h2-5H,6-7H2,1H3,(H,17,18). The first-order valence-electron chi connectivity index (χ1n) is 5.46. The molecule has 0 atom stereocenters. The van der Waals surface area contributed by atoms with Crippen LogP contribution in [0.5, 0.6) is 5.75 Å². The van der Waals surface area contributed by atoms with Crippen molar-refractivity contribution in [2.75, 3.05) is 13.7 Å².